The normalized spacial score (nSPS) is 14.8. The van der Waals surface area contributed by atoms with Crippen molar-refractivity contribution >= 4 is 101 Å². The Bertz CT molecular complexity index is 7500. The highest BCUT2D eigenvalue weighted by Crippen LogP contribution is 2.57. The zero-order chi connectivity index (χ0) is 96.2. The molecule has 5 heteroatoms. The number of hydrogen-bond donors (Lipinski definition) is 0. The van der Waals surface area contributed by atoms with Gasteiger partial charge >= 0.3 is 0 Å². The van der Waals surface area contributed by atoms with Crippen molar-refractivity contribution in [2.45, 2.75) is 78.6 Å². The first-order valence-corrected chi connectivity index (χ1v) is 40.5. The SMILES string of the molecule is [2H]c1c([2H])c(-n2c3c([2H])c([2H])c([2H])c(-c4ccccc4)c3c3c(-c4ccccc4)c([2H])c([2H])c([2H])c32)c([2H])c2c1B1c3c(cc(C(C)(C)C)cc3N(c3c(-c4ccccc4)cc(C(C)(C)C)cc3-c3ccccc3)c3c([2H])c(-n4c5c([2H])c([2H])c([2H])c(-c6ccccc6)c5c5c(-c6ccccc6)c([2H])c([2H])c([2H])c54)c([2H])c([2H])c31)N2c1c(-c2ccccc2)cc(C(C)(C)C)cc1-c1ccccc1. The average molecular weight is 1550 g/mol. The highest BCUT2D eigenvalue weighted by atomic mass is 15.2. The third kappa shape index (κ3) is 12.2. The molecule has 0 bridgehead atoms. The van der Waals surface area contributed by atoms with E-state index in [9.17, 15) is 24.7 Å². The van der Waals surface area contributed by atoms with Crippen molar-refractivity contribution in [3.63, 3.8) is 0 Å². The van der Waals surface area contributed by atoms with Gasteiger partial charge in [-0.1, -0.05) is 365 Å². The smallest absolute Gasteiger partial charge is 0.252 e. The van der Waals surface area contributed by atoms with Gasteiger partial charge in [-0.05, 0) is 201 Å². The van der Waals surface area contributed by atoms with Crippen LogP contribution in [0.5, 0.6) is 0 Å². The van der Waals surface area contributed by atoms with Crippen LogP contribution in [-0.2, 0) is 16.2 Å². The Balaban J connectivity index is 1.04. The molecule has 0 radical (unpaired) electrons. The van der Waals surface area contributed by atoms with Crippen LogP contribution in [0.15, 0.2) is 388 Å². The van der Waals surface area contributed by atoms with Gasteiger partial charge in [0, 0.05) is 77.9 Å². The summed E-state index contributed by atoms with van der Waals surface area (Å²) in [6.45, 7) is 17.5. The van der Waals surface area contributed by atoms with Gasteiger partial charge in [-0.15, -0.1) is 0 Å². The van der Waals surface area contributed by atoms with E-state index in [1.165, 1.54) is 9.13 Å². The third-order valence-corrected chi connectivity index (χ3v) is 23.7. The van der Waals surface area contributed by atoms with E-state index in [4.69, 9.17) is 0 Å². The van der Waals surface area contributed by atoms with E-state index >= 15 is 0 Å². The molecule has 0 aliphatic carbocycles. The summed E-state index contributed by atoms with van der Waals surface area (Å²) >= 11 is 0. The van der Waals surface area contributed by atoms with Crippen molar-refractivity contribution in [1.82, 2.24) is 9.13 Å². The van der Waals surface area contributed by atoms with Crippen LogP contribution >= 0.6 is 0 Å². The van der Waals surface area contributed by atoms with Gasteiger partial charge in [-0.3, -0.25) is 0 Å². The summed E-state index contributed by atoms with van der Waals surface area (Å²) in [6.07, 6.45) is 0. The van der Waals surface area contributed by atoms with Crippen molar-refractivity contribution in [2.75, 3.05) is 9.80 Å². The Kier molecular flexibility index (Phi) is 13.3. The number of anilines is 6. The van der Waals surface area contributed by atoms with E-state index in [1.54, 1.807) is 121 Å². The van der Waals surface area contributed by atoms with Crippen LogP contribution in [0.1, 0.15) is 104 Å². The molecular formula is C114H91BN4. The van der Waals surface area contributed by atoms with Crippen molar-refractivity contribution in [2.24, 2.45) is 0 Å². The molecular weight excluding hydrogens is 1440 g/mol. The highest BCUT2D eigenvalue weighted by molar-refractivity contribution is 7.00. The van der Waals surface area contributed by atoms with Gasteiger partial charge in [-0.25, -0.2) is 0 Å². The minimum Gasteiger partial charge on any atom is -0.310 e. The lowest BCUT2D eigenvalue weighted by Gasteiger charge is -2.47. The number of fused-ring (bicyclic) bond motifs is 10. The fraction of sp³-hybridized carbons (Fsp3) is 0.105. The number of hydrogen-bond acceptors (Lipinski definition) is 2. The van der Waals surface area contributed by atoms with Crippen molar-refractivity contribution < 1.29 is 24.7 Å². The number of nitrogens with zero attached hydrogens (tertiary/aromatic N) is 4. The van der Waals surface area contributed by atoms with E-state index in [0.29, 0.717) is 78.3 Å². The van der Waals surface area contributed by atoms with Crippen LogP contribution in [0, 0.1) is 0 Å². The zero-order valence-corrected chi connectivity index (χ0v) is 67.4. The number of aromatic nitrogens is 2. The molecule has 0 saturated heterocycles. The summed E-state index contributed by atoms with van der Waals surface area (Å²) in [5, 5.41) is 0.461. The first-order chi connectivity index (χ1) is 65.5. The maximum Gasteiger partial charge on any atom is 0.252 e. The molecule has 0 fully saturated rings. The van der Waals surface area contributed by atoms with E-state index in [2.05, 4.69) is 98.7 Å². The minimum atomic E-state index is -1.59. The minimum absolute atomic E-state index is 0.0600. The standard InChI is InChI=1S/C114H91BN4/c1-112(2,3)82-66-91(78-46-26-14-27-47-78)110(92(67-82)79-48-28-15-29-49-79)118-101-72-85(116-97-58-34-54-87(74-38-18-10-19-39-74)105(97)106-88(55-35-59-98(106)116)75-40-20-11-21-41-75)62-64-95(101)115-96-65-63-86(117-99-60-36-56-89(76-42-22-12-23-43-76)107(99)108-90(57-37-61-100(108)117)77-44-24-13-25-45-77)73-102(96)119(104-71-84(114(7,8)9)70-103(118)109(104)115)111-93(80-50-30-16-31-51-80)68-83(113(4,5)6)69-94(111)81-52-32-17-33-53-81/h10-73H,1-9H3/i34D,35D,36D,37D,54D,55D,56D,57D,58D,59D,60D,61D,62D,63D,64D,65D,72D,73D. The molecule has 119 heavy (non-hydrogen) atoms. The predicted molar refractivity (Wildman–Crippen MR) is 509 cm³/mol. The summed E-state index contributed by atoms with van der Waals surface area (Å²) in [4.78, 5) is 4.02. The maximum atomic E-state index is 12.3. The van der Waals surface area contributed by atoms with Crippen LogP contribution in [0.3, 0.4) is 0 Å². The molecule has 4 nitrogen and oxygen atoms in total. The molecule has 0 amide bonds. The summed E-state index contributed by atoms with van der Waals surface area (Å²) < 4.78 is 197. The fourth-order valence-electron chi connectivity index (χ4n) is 17.8. The van der Waals surface area contributed by atoms with Crippen LogP contribution in [-0.4, -0.2) is 15.8 Å². The average Bonchev–Trinajstić information content (AvgIpc) is 1.58. The monoisotopic (exact) mass is 1540 g/mol. The Morgan fingerprint density at radius 2 is 0.471 bits per heavy atom. The molecule has 2 aliphatic rings. The predicted octanol–water partition coefficient (Wildman–Crippen LogP) is 29.2. The number of rotatable bonds is 12. The largest absolute Gasteiger partial charge is 0.310 e. The summed E-state index contributed by atoms with van der Waals surface area (Å²) in [5.41, 5.74) is 8.81. The summed E-state index contributed by atoms with van der Waals surface area (Å²) in [6, 6.07) is 78.6. The Hall–Kier alpha value is -14.0. The Morgan fingerprint density at radius 3 is 0.706 bits per heavy atom. The van der Waals surface area contributed by atoms with Crippen LogP contribution in [0.4, 0.5) is 34.1 Å². The molecule has 0 N–H and O–H groups in total. The van der Waals surface area contributed by atoms with Gasteiger partial charge in [0.1, 0.15) is 0 Å². The van der Waals surface area contributed by atoms with Gasteiger partial charge in [0.15, 0.2) is 0 Å². The molecule has 19 aromatic rings. The molecule has 2 aromatic heterocycles. The fourth-order valence-corrected chi connectivity index (χ4v) is 17.8. The topological polar surface area (TPSA) is 16.3 Å². The molecule has 17 aromatic carbocycles. The van der Waals surface area contributed by atoms with Gasteiger partial charge in [-0.2, -0.15) is 0 Å². The third-order valence-electron chi connectivity index (χ3n) is 23.7. The quantitative estimate of drug-likeness (QED) is 0.113. The first-order valence-electron chi connectivity index (χ1n) is 49.5. The molecule has 0 spiro atoms. The van der Waals surface area contributed by atoms with Crippen molar-refractivity contribution in [3.8, 4) is 100 Å². The lowest BCUT2D eigenvalue weighted by atomic mass is 9.33. The van der Waals surface area contributed by atoms with Crippen molar-refractivity contribution in [1.29, 1.82) is 0 Å². The second-order valence-corrected chi connectivity index (χ2v) is 34.1. The molecule has 0 saturated carbocycles. The Labute approximate surface area is 724 Å². The van der Waals surface area contributed by atoms with Crippen molar-refractivity contribution in [3.05, 3.63) is 405 Å². The zero-order valence-electron chi connectivity index (χ0n) is 85.4. The Morgan fingerprint density at radius 1 is 0.244 bits per heavy atom. The maximum absolute atomic E-state index is 12.3. The molecule has 570 valence electrons. The summed E-state index contributed by atoms with van der Waals surface area (Å²) in [5.74, 6) is 0. The van der Waals surface area contributed by atoms with E-state index in [1.807, 2.05) is 131 Å². The van der Waals surface area contributed by atoms with Crippen LogP contribution in [0.25, 0.3) is 144 Å². The van der Waals surface area contributed by atoms with Crippen LogP contribution in [0.2, 0.25) is 0 Å². The second kappa shape index (κ2) is 28.4. The lowest BCUT2D eigenvalue weighted by Crippen LogP contribution is -2.61. The molecule has 0 atom stereocenters. The molecule has 0 unspecified atom stereocenters. The first kappa shape index (κ1) is 55.5. The molecule has 4 heterocycles. The number of benzene rings is 17. The van der Waals surface area contributed by atoms with Gasteiger partial charge in [0.05, 0.1) is 58.1 Å². The lowest BCUT2D eigenvalue weighted by molar-refractivity contribution is 0.590. The van der Waals surface area contributed by atoms with Gasteiger partial charge in [0.25, 0.3) is 6.71 Å². The molecule has 21 rings (SSSR count). The van der Waals surface area contributed by atoms with Gasteiger partial charge < -0.3 is 18.9 Å². The highest BCUT2D eigenvalue weighted by Gasteiger charge is 2.47. The van der Waals surface area contributed by atoms with E-state index in [-0.39, 0.29) is 124 Å². The van der Waals surface area contributed by atoms with E-state index in [0.717, 1.165) is 33.4 Å². The van der Waals surface area contributed by atoms with Crippen LogP contribution < -0.4 is 26.2 Å². The molecule has 2 aliphatic heterocycles. The van der Waals surface area contributed by atoms with Gasteiger partial charge in [0.2, 0.25) is 0 Å². The van der Waals surface area contributed by atoms with E-state index < -0.39 is 108 Å². The summed E-state index contributed by atoms with van der Waals surface area (Å²) in [7, 11) is 0. The second-order valence-electron chi connectivity index (χ2n) is 34.1.